The molecular weight excluding hydrogens is 570 g/mol. The van der Waals surface area contributed by atoms with Crippen molar-refractivity contribution in [2.75, 3.05) is 36.9 Å². The number of aromatic nitrogens is 6. The molecule has 4 aliphatic rings. The number of rotatable bonds is 8. The zero-order valence-corrected chi connectivity index (χ0v) is 24.9. The van der Waals surface area contributed by atoms with Gasteiger partial charge in [0.25, 0.3) is 11.4 Å². The molecule has 12 nitrogen and oxygen atoms in total. The molecule has 0 aliphatic carbocycles. The van der Waals surface area contributed by atoms with Crippen LogP contribution in [0.2, 0.25) is 0 Å². The van der Waals surface area contributed by atoms with Gasteiger partial charge in [0.15, 0.2) is 5.82 Å². The van der Waals surface area contributed by atoms with E-state index in [9.17, 15) is 9.90 Å². The van der Waals surface area contributed by atoms with Crippen LogP contribution < -0.4 is 16.2 Å². The van der Waals surface area contributed by atoms with Gasteiger partial charge in [-0.1, -0.05) is 47.6 Å². The minimum absolute atomic E-state index is 0.00314. The average molecular weight is 606 g/mol. The fourth-order valence-electron chi connectivity index (χ4n) is 6.93. The maximum absolute atomic E-state index is 13.0. The maximum Gasteiger partial charge on any atom is 0.274 e. The Kier molecular flexibility index (Phi) is 6.95. The molecule has 2 bridgehead atoms. The molecule has 7 heterocycles. The summed E-state index contributed by atoms with van der Waals surface area (Å²) in [5.74, 6) is 1.90. The summed E-state index contributed by atoms with van der Waals surface area (Å²) in [6, 6.07) is 15.0. The number of hydrogen-bond acceptors (Lipinski definition) is 10. The van der Waals surface area contributed by atoms with Crippen molar-refractivity contribution in [3.8, 4) is 11.5 Å². The molecule has 1 atom stereocenters. The van der Waals surface area contributed by atoms with E-state index in [0.29, 0.717) is 35.2 Å². The molecule has 5 aromatic rings. The number of hydrogen-bond donors (Lipinski definition) is 3. The Bertz CT molecular complexity index is 1920. The summed E-state index contributed by atoms with van der Waals surface area (Å²) >= 11 is 0. The summed E-state index contributed by atoms with van der Waals surface area (Å²) in [4.78, 5) is 29.9. The van der Waals surface area contributed by atoms with Crippen molar-refractivity contribution < 1.29 is 9.63 Å². The first-order valence-corrected chi connectivity index (χ1v) is 15.6. The normalized spacial score (nSPS) is 21.4. The molecule has 4 aliphatic heterocycles. The van der Waals surface area contributed by atoms with Crippen LogP contribution in [0.3, 0.4) is 0 Å². The third-order valence-electron chi connectivity index (χ3n) is 9.58. The number of nitrogens with zero attached hydrogens (tertiary/aromatic N) is 7. The lowest BCUT2D eigenvalue weighted by molar-refractivity contribution is 0.0747. The van der Waals surface area contributed by atoms with Gasteiger partial charge in [-0.3, -0.25) is 9.48 Å². The second-order valence-corrected chi connectivity index (χ2v) is 12.2. The van der Waals surface area contributed by atoms with Gasteiger partial charge < -0.3 is 25.2 Å². The number of aryl methyl sites for hydroxylation is 1. The van der Waals surface area contributed by atoms with Crippen LogP contribution in [0.5, 0.6) is 0 Å². The number of fused-ring (bicyclic) bond motifs is 6. The highest BCUT2D eigenvalue weighted by Gasteiger charge is 2.44. The molecule has 2 aromatic carbocycles. The second-order valence-electron chi connectivity index (χ2n) is 12.2. The van der Waals surface area contributed by atoms with E-state index < -0.39 is 6.04 Å². The first-order chi connectivity index (χ1) is 22.1. The summed E-state index contributed by atoms with van der Waals surface area (Å²) in [6.45, 7) is 4.30. The molecule has 9 rings (SSSR count). The molecule has 45 heavy (non-hydrogen) atoms. The number of aliphatic hydroxyl groups is 1. The molecule has 3 aromatic heterocycles. The van der Waals surface area contributed by atoms with Crippen molar-refractivity contribution in [3.63, 3.8) is 0 Å². The Morgan fingerprint density at radius 2 is 1.80 bits per heavy atom. The molecule has 0 unspecified atom stereocenters. The van der Waals surface area contributed by atoms with Gasteiger partial charge in [-0.25, -0.2) is 9.67 Å². The molecule has 230 valence electrons. The lowest BCUT2D eigenvalue weighted by atomic mass is 9.71. The van der Waals surface area contributed by atoms with E-state index in [1.54, 1.807) is 10.9 Å². The van der Waals surface area contributed by atoms with E-state index in [1.807, 2.05) is 59.3 Å². The molecule has 0 amide bonds. The monoisotopic (exact) mass is 605 g/mol. The Labute approximate surface area is 259 Å². The maximum atomic E-state index is 13.0. The number of nitrogens with one attached hydrogen (secondary N) is 2. The molecule has 0 saturated carbocycles. The van der Waals surface area contributed by atoms with E-state index in [4.69, 9.17) is 14.5 Å². The molecule has 12 heteroatoms. The minimum atomic E-state index is -0.426. The predicted molar refractivity (Wildman–Crippen MR) is 170 cm³/mol. The third-order valence-corrected chi connectivity index (χ3v) is 9.58. The number of anilines is 3. The van der Waals surface area contributed by atoms with Crippen molar-refractivity contribution in [2.24, 2.45) is 0 Å². The highest BCUT2D eigenvalue weighted by molar-refractivity contribution is 5.83. The average Bonchev–Trinajstić information content (AvgIpc) is 3.59. The number of piperidine rings is 3. The van der Waals surface area contributed by atoms with Crippen LogP contribution in [-0.4, -0.2) is 65.7 Å². The quantitative estimate of drug-likeness (QED) is 0.220. The second kappa shape index (κ2) is 11.3. The molecule has 0 radical (unpaired) electrons. The Morgan fingerprint density at radius 1 is 0.978 bits per heavy atom. The zero-order valence-electron chi connectivity index (χ0n) is 24.9. The number of aliphatic hydroxyl groups excluding tert-OH is 1. The van der Waals surface area contributed by atoms with Crippen LogP contribution in [-0.2, 0) is 18.5 Å². The molecule has 3 N–H and O–H groups in total. The summed E-state index contributed by atoms with van der Waals surface area (Å²) in [6.07, 6.45) is 9.75. The van der Waals surface area contributed by atoms with E-state index in [-0.39, 0.29) is 17.6 Å². The minimum Gasteiger partial charge on any atom is -0.394 e. The smallest absolute Gasteiger partial charge is 0.274 e. The van der Waals surface area contributed by atoms with Crippen LogP contribution in [0.1, 0.15) is 43.1 Å². The first kappa shape index (κ1) is 27.7. The third kappa shape index (κ3) is 4.99. The SMILES string of the molecule is O=c1c2ccc(Nc3ncc(-c4nc(C56CCN(CC5)CC6)no4)c(N[C@H](CO)c4ccccc4)n3)cc2n2n1CC=CCC2. The van der Waals surface area contributed by atoms with Crippen molar-refractivity contribution in [3.05, 3.63) is 88.6 Å². The van der Waals surface area contributed by atoms with Gasteiger partial charge >= 0.3 is 0 Å². The van der Waals surface area contributed by atoms with Gasteiger partial charge in [0.1, 0.15) is 11.4 Å². The Morgan fingerprint density at radius 3 is 2.60 bits per heavy atom. The molecule has 3 fully saturated rings. The van der Waals surface area contributed by atoms with E-state index in [1.165, 1.54) is 0 Å². The Balaban J connectivity index is 1.15. The van der Waals surface area contributed by atoms with Crippen LogP contribution in [0, 0.1) is 0 Å². The van der Waals surface area contributed by atoms with Crippen LogP contribution in [0.25, 0.3) is 22.4 Å². The summed E-state index contributed by atoms with van der Waals surface area (Å²) < 4.78 is 9.68. The van der Waals surface area contributed by atoms with Gasteiger partial charge in [0.05, 0.1) is 30.1 Å². The first-order valence-electron chi connectivity index (χ1n) is 15.6. The predicted octanol–water partition coefficient (Wildman–Crippen LogP) is 4.23. The van der Waals surface area contributed by atoms with Crippen molar-refractivity contribution in [2.45, 2.75) is 50.2 Å². The summed E-state index contributed by atoms with van der Waals surface area (Å²) in [7, 11) is 0. The zero-order chi connectivity index (χ0) is 30.4. The lowest BCUT2D eigenvalue weighted by Crippen LogP contribution is -2.51. The summed E-state index contributed by atoms with van der Waals surface area (Å²) in [5, 5.41) is 22.2. The van der Waals surface area contributed by atoms with Crippen molar-refractivity contribution >= 4 is 28.4 Å². The van der Waals surface area contributed by atoms with E-state index >= 15 is 0 Å². The number of allylic oxidation sites excluding steroid dienone is 2. The van der Waals surface area contributed by atoms with Crippen LogP contribution >= 0.6 is 0 Å². The molecular formula is C33H35N9O3. The van der Waals surface area contributed by atoms with E-state index in [2.05, 4.69) is 31.8 Å². The number of benzene rings is 2. The Hall–Kier alpha value is -4.81. The van der Waals surface area contributed by atoms with Crippen molar-refractivity contribution in [1.82, 2.24) is 34.4 Å². The topological polar surface area (TPSA) is 139 Å². The highest BCUT2D eigenvalue weighted by atomic mass is 16.5. The highest BCUT2D eigenvalue weighted by Crippen LogP contribution is 2.42. The van der Waals surface area contributed by atoms with Crippen LogP contribution in [0.15, 0.2) is 76.2 Å². The van der Waals surface area contributed by atoms with Gasteiger partial charge in [-0.2, -0.15) is 9.97 Å². The largest absolute Gasteiger partial charge is 0.394 e. The fourth-order valence-corrected chi connectivity index (χ4v) is 6.93. The molecule has 3 saturated heterocycles. The van der Waals surface area contributed by atoms with Gasteiger partial charge in [0.2, 0.25) is 5.95 Å². The van der Waals surface area contributed by atoms with Crippen LogP contribution in [0.4, 0.5) is 17.5 Å². The van der Waals surface area contributed by atoms with Gasteiger partial charge in [-0.05, 0) is 69.1 Å². The standard InChI is InChI=1S/C33H35N9O3/c43-21-26(22-7-3-1-4-8-22)36-28-25(29-38-31(39-45-29)33-11-16-40(17-12-33)18-13-33)20-34-32(37-28)35-23-9-10-24-27(19-23)41-14-5-2-6-15-42(41)30(24)44/h1-4,6-10,19-20,26,43H,5,11-18,21H2,(H2,34,35,36,37)/t26-/m1/s1. The molecule has 0 spiro atoms. The fraction of sp³-hybridized carbons (Fsp3) is 0.364. The lowest BCUT2D eigenvalue weighted by Gasteiger charge is -2.46. The van der Waals surface area contributed by atoms with E-state index in [0.717, 1.165) is 74.5 Å². The van der Waals surface area contributed by atoms with Gasteiger partial charge in [-0.15, -0.1) is 0 Å². The summed E-state index contributed by atoms with van der Waals surface area (Å²) in [5.41, 5.74) is 3.04. The van der Waals surface area contributed by atoms with Gasteiger partial charge in [0, 0.05) is 23.8 Å². The van der Waals surface area contributed by atoms with Crippen molar-refractivity contribution in [1.29, 1.82) is 0 Å².